The van der Waals surface area contributed by atoms with Crippen molar-refractivity contribution in [3.05, 3.63) is 51.0 Å². The minimum Gasteiger partial charge on any atom is -0.355 e. The first-order chi connectivity index (χ1) is 10.4. The smallest absolute Gasteiger partial charge is 0.224 e. The second-order valence-electron chi connectivity index (χ2n) is 5.30. The Labute approximate surface area is 137 Å². The van der Waals surface area contributed by atoms with Crippen LogP contribution in [0.5, 0.6) is 0 Å². The molecular weight excluding hydrogens is 349 g/mol. The summed E-state index contributed by atoms with van der Waals surface area (Å²) in [5.41, 5.74) is 3.85. The van der Waals surface area contributed by atoms with Gasteiger partial charge in [-0.25, -0.2) is 4.39 Å². The highest BCUT2D eigenvalue weighted by molar-refractivity contribution is 9.10. The van der Waals surface area contributed by atoms with Gasteiger partial charge in [0.2, 0.25) is 5.91 Å². The second kappa shape index (κ2) is 7.05. The van der Waals surface area contributed by atoms with E-state index < -0.39 is 0 Å². The van der Waals surface area contributed by atoms with E-state index in [-0.39, 0.29) is 11.7 Å². The summed E-state index contributed by atoms with van der Waals surface area (Å²) >= 11 is 3.16. The molecule has 0 saturated carbocycles. The maximum absolute atomic E-state index is 13.1. The Morgan fingerprint density at radius 3 is 2.73 bits per heavy atom. The van der Waals surface area contributed by atoms with Crippen molar-refractivity contribution >= 4 is 21.8 Å². The second-order valence-corrected chi connectivity index (χ2v) is 6.15. The molecule has 4 nitrogen and oxygen atoms in total. The normalized spacial score (nSPS) is 10.8. The van der Waals surface area contributed by atoms with Crippen LogP contribution in [0.15, 0.2) is 22.7 Å². The molecule has 0 aliphatic heterocycles. The molecule has 2 aromatic rings. The van der Waals surface area contributed by atoms with Crippen molar-refractivity contribution in [2.24, 2.45) is 7.05 Å². The zero-order valence-electron chi connectivity index (χ0n) is 12.9. The van der Waals surface area contributed by atoms with Crippen molar-refractivity contribution < 1.29 is 9.18 Å². The summed E-state index contributed by atoms with van der Waals surface area (Å²) in [7, 11) is 1.87. The highest BCUT2D eigenvalue weighted by atomic mass is 79.9. The minimum absolute atomic E-state index is 0.0274. The van der Waals surface area contributed by atoms with Crippen LogP contribution in [-0.2, 0) is 24.7 Å². The molecule has 1 amide bonds. The van der Waals surface area contributed by atoms with Crippen molar-refractivity contribution in [3.8, 4) is 0 Å². The SMILES string of the molecule is Cc1nn(C)c(C)c1CC(=O)NCCc1ccc(F)c(Br)c1. The van der Waals surface area contributed by atoms with Crippen LogP contribution in [0.4, 0.5) is 4.39 Å². The fourth-order valence-corrected chi connectivity index (χ4v) is 2.76. The molecule has 1 aromatic carbocycles. The molecular formula is C16H19BrFN3O. The number of aryl methyl sites for hydroxylation is 2. The monoisotopic (exact) mass is 367 g/mol. The zero-order chi connectivity index (χ0) is 16.3. The third-order valence-corrected chi connectivity index (χ3v) is 4.32. The number of carbonyl (C=O) groups excluding carboxylic acids is 1. The lowest BCUT2D eigenvalue weighted by molar-refractivity contribution is -0.120. The quantitative estimate of drug-likeness (QED) is 0.882. The summed E-state index contributed by atoms with van der Waals surface area (Å²) < 4.78 is 15.4. The summed E-state index contributed by atoms with van der Waals surface area (Å²) in [5.74, 6) is -0.310. The summed E-state index contributed by atoms with van der Waals surface area (Å²) in [6.07, 6.45) is 0.994. The highest BCUT2D eigenvalue weighted by Gasteiger charge is 2.13. The molecule has 0 unspecified atom stereocenters. The third kappa shape index (κ3) is 3.94. The van der Waals surface area contributed by atoms with E-state index in [1.54, 1.807) is 16.8 Å². The Morgan fingerprint density at radius 2 is 2.14 bits per heavy atom. The number of nitrogens with one attached hydrogen (secondary N) is 1. The average molecular weight is 368 g/mol. The van der Waals surface area contributed by atoms with Crippen LogP contribution >= 0.6 is 15.9 Å². The number of hydrogen-bond acceptors (Lipinski definition) is 2. The molecule has 1 heterocycles. The van der Waals surface area contributed by atoms with Crippen LogP contribution in [0.2, 0.25) is 0 Å². The molecule has 1 N–H and O–H groups in total. The Bertz CT molecular complexity index is 697. The van der Waals surface area contributed by atoms with E-state index in [2.05, 4.69) is 26.3 Å². The van der Waals surface area contributed by atoms with Gasteiger partial charge in [-0.3, -0.25) is 9.48 Å². The lowest BCUT2D eigenvalue weighted by Gasteiger charge is -2.07. The summed E-state index contributed by atoms with van der Waals surface area (Å²) in [5, 5.41) is 7.20. The van der Waals surface area contributed by atoms with Gasteiger partial charge in [0.1, 0.15) is 5.82 Å². The topological polar surface area (TPSA) is 46.9 Å². The van der Waals surface area contributed by atoms with Gasteiger partial charge >= 0.3 is 0 Å². The largest absolute Gasteiger partial charge is 0.355 e. The Kier molecular flexibility index (Phi) is 5.34. The molecule has 0 atom stereocenters. The van der Waals surface area contributed by atoms with Crippen molar-refractivity contribution in [1.29, 1.82) is 0 Å². The van der Waals surface area contributed by atoms with Gasteiger partial charge in [-0.2, -0.15) is 5.10 Å². The minimum atomic E-state index is -0.282. The predicted molar refractivity (Wildman–Crippen MR) is 87.2 cm³/mol. The van der Waals surface area contributed by atoms with Gasteiger partial charge in [0.25, 0.3) is 0 Å². The van der Waals surface area contributed by atoms with Gasteiger partial charge in [0.05, 0.1) is 16.6 Å². The molecule has 118 valence electrons. The number of hydrogen-bond donors (Lipinski definition) is 1. The van der Waals surface area contributed by atoms with Crippen molar-refractivity contribution in [3.63, 3.8) is 0 Å². The molecule has 0 aliphatic rings. The Balaban J connectivity index is 1.86. The third-order valence-electron chi connectivity index (χ3n) is 3.72. The van der Waals surface area contributed by atoms with Gasteiger partial charge in [0.15, 0.2) is 0 Å². The van der Waals surface area contributed by atoms with Crippen LogP contribution in [0.25, 0.3) is 0 Å². The summed E-state index contributed by atoms with van der Waals surface area (Å²) in [6.45, 7) is 4.39. The number of carbonyl (C=O) groups is 1. The number of aromatic nitrogens is 2. The fourth-order valence-electron chi connectivity index (χ4n) is 2.34. The Morgan fingerprint density at radius 1 is 1.41 bits per heavy atom. The summed E-state index contributed by atoms with van der Waals surface area (Å²) in [6, 6.07) is 4.88. The lowest BCUT2D eigenvalue weighted by atomic mass is 10.1. The van der Waals surface area contributed by atoms with Gasteiger partial charge in [-0.1, -0.05) is 6.07 Å². The van der Waals surface area contributed by atoms with E-state index in [4.69, 9.17) is 0 Å². The first kappa shape index (κ1) is 16.7. The van der Waals surface area contributed by atoms with Gasteiger partial charge < -0.3 is 5.32 Å². The zero-order valence-corrected chi connectivity index (χ0v) is 14.5. The standard InChI is InChI=1S/C16H19BrFN3O/c1-10-13(11(2)21(3)20-10)9-16(22)19-7-6-12-4-5-15(18)14(17)8-12/h4-5,8H,6-7,9H2,1-3H3,(H,19,22). The first-order valence-electron chi connectivity index (χ1n) is 7.08. The maximum Gasteiger partial charge on any atom is 0.224 e. The van der Waals surface area contributed by atoms with E-state index in [1.807, 2.05) is 20.9 Å². The van der Waals surface area contributed by atoms with Gasteiger partial charge in [-0.15, -0.1) is 0 Å². The van der Waals surface area contributed by atoms with E-state index in [9.17, 15) is 9.18 Å². The molecule has 0 aliphatic carbocycles. The van der Waals surface area contributed by atoms with Crippen LogP contribution in [0.3, 0.4) is 0 Å². The molecule has 0 saturated heterocycles. The molecule has 1 aromatic heterocycles. The maximum atomic E-state index is 13.1. The molecule has 0 spiro atoms. The van der Waals surface area contributed by atoms with Crippen molar-refractivity contribution in [2.45, 2.75) is 26.7 Å². The van der Waals surface area contributed by atoms with Crippen molar-refractivity contribution in [2.75, 3.05) is 6.54 Å². The molecule has 6 heteroatoms. The van der Waals surface area contributed by atoms with Crippen molar-refractivity contribution in [1.82, 2.24) is 15.1 Å². The number of amides is 1. The number of nitrogens with zero attached hydrogens (tertiary/aromatic N) is 2. The highest BCUT2D eigenvalue weighted by Crippen LogP contribution is 2.17. The number of halogens is 2. The van der Waals surface area contributed by atoms with Crippen LogP contribution in [0.1, 0.15) is 22.5 Å². The fraction of sp³-hybridized carbons (Fsp3) is 0.375. The molecule has 0 radical (unpaired) electrons. The number of benzene rings is 1. The van der Waals surface area contributed by atoms with Crippen LogP contribution < -0.4 is 5.32 Å². The van der Waals surface area contributed by atoms with Crippen LogP contribution in [-0.4, -0.2) is 22.2 Å². The summed E-state index contributed by atoms with van der Waals surface area (Å²) in [4.78, 5) is 12.0. The Hall–Kier alpha value is -1.69. The van der Waals surface area contributed by atoms with E-state index >= 15 is 0 Å². The average Bonchev–Trinajstić information content (AvgIpc) is 2.69. The van der Waals surface area contributed by atoms with Gasteiger partial charge in [-0.05, 0) is 53.9 Å². The van der Waals surface area contributed by atoms with E-state index in [0.29, 0.717) is 23.9 Å². The van der Waals surface area contributed by atoms with E-state index in [1.165, 1.54) is 6.07 Å². The predicted octanol–water partition coefficient (Wildman–Crippen LogP) is 2.84. The molecule has 0 bridgehead atoms. The number of rotatable bonds is 5. The molecule has 0 fully saturated rings. The van der Waals surface area contributed by atoms with Gasteiger partial charge in [0, 0.05) is 24.8 Å². The van der Waals surface area contributed by atoms with Crippen LogP contribution in [0, 0.1) is 19.7 Å². The first-order valence-corrected chi connectivity index (χ1v) is 7.87. The van der Waals surface area contributed by atoms with E-state index in [0.717, 1.165) is 22.5 Å². The lowest BCUT2D eigenvalue weighted by Crippen LogP contribution is -2.27. The molecule has 2 rings (SSSR count). The molecule has 22 heavy (non-hydrogen) atoms.